The van der Waals surface area contributed by atoms with Crippen LogP contribution in [0.2, 0.25) is 0 Å². The van der Waals surface area contributed by atoms with Crippen LogP contribution < -0.4 is 4.74 Å². The lowest BCUT2D eigenvalue weighted by Gasteiger charge is -2.11. The summed E-state index contributed by atoms with van der Waals surface area (Å²) in [7, 11) is 0. The average Bonchev–Trinajstić information content (AvgIpc) is 2.99. The van der Waals surface area contributed by atoms with Crippen LogP contribution in [0.25, 0.3) is 22.3 Å². The van der Waals surface area contributed by atoms with Gasteiger partial charge in [-0.3, -0.25) is 0 Å². The largest absolute Gasteiger partial charge is 0.573 e. The minimum atomic E-state index is -4.92. The number of hydrogen-bond donors (Lipinski definition) is 0. The van der Waals surface area contributed by atoms with E-state index in [1.807, 2.05) is 18.2 Å². The van der Waals surface area contributed by atoms with Crippen molar-refractivity contribution in [3.05, 3.63) is 77.1 Å². The number of ether oxygens (including phenoxy) is 1. The van der Waals surface area contributed by atoms with Crippen LogP contribution in [0.5, 0.6) is 5.75 Å². The molecule has 0 saturated carbocycles. The Morgan fingerprint density at radius 2 is 1.50 bits per heavy atom. The topological polar surface area (TPSA) is 9.23 Å². The summed E-state index contributed by atoms with van der Waals surface area (Å²) in [5, 5.41) is 0. The molecule has 144 valence electrons. The number of benzene rings is 3. The summed E-state index contributed by atoms with van der Waals surface area (Å²) in [6.07, 6.45) is -1.98. The minimum Gasteiger partial charge on any atom is -0.403 e. The van der Waals surface area contributed by atoms with E-state index < -0.39 is 17.9 Å². The van der Waals surface area contributed by atoms with E-state index in [9.17, 15) is 17.6 Å². The van der Waals surface area contributed by atoms with E-state index >= 15 is 0 Å². The van der Waals surface area contributed by atoms with Crippen LogP contribution in [-0.2, 0) is 12.8 Å². The van der Waals surface area contributed by atoms with Gasteiger partial charge >= 0.3 is 6.36 Å². The van der Waals surface area contributed by atoms with Crippen molar-refractivity contribution in [2.75, 3.05) is 0 Å². The molecule has 0 radical (unpaired) electrons. The van der Waals surface area contributed by atoms with E-state index in [1.165, 1.54) is 22.8 Å². The Kier molecular flexibility index (Phi) is 4.61. The lowest BCUT2D eigenvalue weighted by Crippen LogP contribution is -2.17. The van der Waals surface area contributed by atoms with Gasteiger partial charge in [0.1, 0.15) is 0 Å². The second-order valence-corrected chi connectivity index (χ2v) is 6.98. The van der Waals surface area contributed by atoms with Crippen LogP contribution in [0.4, 0.5) is 17.6 Å². The molecule has 0 fully saturated rings. The molecule has 3 aromatic rings. The Balaban J connectivity index is 1.63. The SMILES string of the molecule is CCCc1ccc2c(c1)Cc1cc(-c3ccc(OC(F)(F)F)c(F)c3)ccc1-2. The van der Waals surface area contributed by atoms with Crippen molar-refractivity contribution in [3.8, 4) is 28.0 Å². The number of fused-ring (bicyclic) bond motifs is 3. The van der Waals surface area contributed by atoms with Crippen LogP contribution in [-0.4, -0.2) is 6.36 Å². The zero-order chi connectivity index (χ0) is 19.9. The monoisotopic (exact) mass is 386 g/mol. The molecule has 5 heteroatoms. The number of halogens is 4. The summed E-state index contributed by atoms with van der Waals surface area (Å²) in [5.74, 6) is -1.86. The predicted octanol–water partition coefficient (Wildman–Crippen LogP) is 6.92. The summed E-state index contributed by atoms with van der Waals surface area (Å²) in [4.78, 5) is 0. The van der Waals surface area contributed by atoms with Gasteiger partial charge in [-0.05, 0) is 63.9 Å². The highest BCUT2D eigenvalue weighted by atomic mass is 19.4. The van der Waals surface area contributed by atoms with Gasteiger partial charge in [-0.25, -0.2) is 4.39 Å². The lowest BCUT2D eigenvalue weighted by molar-refractivity contribution is -0.275. The van der Waals surface area contributed by atoms with Crippen molar-refractivity contribution >= 4 is 0 Å². The van der Waals surface area contributed by atoms with Crippen molar-refractivity contribution in [3.63, 3.8) is 0 Å². The molecule has 0 saturated heterocycles. The van der Waals surface area contributed by atoms with Gasteiger partial charge in [0.05, 0.1) is 0 Å². The molecular weight excluding hydrogens is 368 g/mol. The highest BCUT2D eigenvalue weighted by Crippen LogP contribution is 2.39. The van der Waals surface area contributed by atoms with Gasteiger partial charge in [0.2, 0.25) is 0 Å². The zero-order valence-electron chi connectivity index (χ0n) is 15.2. The second kappa shape index (κ2) is 6.97. The average molecular weight is 386 g/mol. The highest BCUT2D eigenvalue weighted by molar-refractivity contribution is 5.80. The van der Waals surface area contributed by atoms with Crippen LogP contribution in [0.15, 0.2) is 54.6 Å². The van der Waals surface area contributed by atoms with E-state index in [-0.39, 0.29) is 0 Å². The molecule has 0 heterocycles. The van der Waals surface area contributed by atoms with Gasteiger partial charge in [-0.2, -0.15) is 0 Å². The molecule has 0 bridgehead atoms. The molecule has 28 heavy (non-hydrogen) atoms. The van der Waals surface area contributed by atoms with Gasteiger partial charge in [0.15, 0.2) is 11.6 Å². The number of aryl methyl sites for hydroxylation is 1. The second-order valence-electron chi connectivity index (χ2n) is 6.98. The highest BCUT2D eigenvalue weighted by Gasteiger charge is 2.32. The fourth-order valence-corrected chi connectivity index (χ4v) is 3.78. The maximum absolute atomic E-state index is 14.0. The molecule has 1 nitrogen and oxygen atoms in total. The third-order valence-corrected chi connectivity index (χ3v) is 4.98. The molecule has 1 aliphatic carbocycles. The van der Waals surface area contributed by atoms with E-state index in [0.29, 0.717) is 5.56 Å². The summed E-state index contributed by atoms with van der Waals surface area (Å²) in [6, 6.07) is 15.9. The van der Waals surface area contributed by atoms with Gasteiger partial charge < -0.3 is 4.74 Å². The first-order valence-electron chi connectivity index (χ1n) is 9.15. The van der Waals surface area contributed by atoms with Crippen LogP contribution in [0.1, 0.15) is 30.0 Å². The third kappa shape index (κ3) is 3.61. The third-order valence-electron chi connectivity index (χ3n) is 4.98. The Bertz CT molecular complexity index is 1040. The molecule has 0 N–H and O–H groups in total. The van der Waals surface area contributed by atoms with Crippen molar-refractivity contribution in [2.45, 2.75) is 32.5 Å². The van der Waals surface area contributed by atoms with Crippen LogP contribution in [0.3, 0.4) is 0 Å². The lowest BCUT2D eigenvalue weighted by atomic mass is 9.98. The maximum Gasteiger partial charge on any atom is 0.573 e. The van der Waals surface area contributed by atoms with Crippen LogP contribution in [0, 0.1) is 5.82 Å². The smallest absolute Gasteiger partial charge is 0.403 e. The first kappa shape index (κ1) is 18.5. The van der Waals surface area contributed by atoms with Crippen molar-refractivity contribution in [1.82, 2.24) is 0 Å². The number of rotatable bonds is 4. The Hall–Kier alpha value is -2.82. The fraction of sp³-hybridized carbons (Fsp3) is 0.217. The summed E-state index contributed by atoms with van der Waals surface area (Å²) in [5.41, 5.74) is 7.36. The molecule has 0 aromatic heterocycles. The van der Waals surface area contributed by atoms with Gasteiger partial charge in [0, 0.05) is 0 Å². The van der Waals surface area contributed by atoms with E-state index in [1.54, 1.807) is 0 Å². The predicted molar refractivity (Wildman–Crippen MR) is 101 cm³/mol. The van der Waals surface area contributed by atoms with Crippen molar-refractivity contribution in [2.24, 2.45) is 0 Å². The summed E-state index contributed by atoms with van der Waals surface area (Å²) >= 11 is 0. The summed E-state index contributed by atoms with van der Waals surface area (Å²) in [6.45, 7) is 2.15. The van der Waals surface area contributed by atoms with Gasteiger partial charge in [-0.15, -0.1) is 13.2 Å². The van der Waals surface area contributed by atoms with Crippen LogP contribution >= 0.6 is 0 Å². The van der Waals surface area contributed by atoms with Gasteiger partial charge in [0.25, 0.3) is 0 Å². The fourth-order valence-electron chi connectivity index (χ4n) is 3.78. The minimum absolute atomic E-state index is 0.512. The standard InChI is InChI=1S/C23H18F4O/c1-2-3-14-4-7-19-17(10-14)12-18-11-15(5-8-20(18)19)16-6-9-22(21(24)13-16)28-23(25,26)27/h4-11,13H,2-3,12H2,1H3. The summed E-state index contributed by atoms with van der Waals surface area (Å²) < 4.78 is 54.7. The van der Waals surface area contributed by atoms with E-state index in [0.717, 1.165) is 48.1 Å². The molecular formula is C23H18F4O. The van der Waals surface area contributed by atoms with Crippen molar-refractivity contribution < 1.29 is 22.3 Å². The molecule has 0 atom stereocenters. The molecule has 0 amide bonds. The molecule has 0 unspecified atom stereocenters. The van der Waals surface area contributed by atoms with Crippen molar-refractivity contribution in [1.29, 1.82) is 0 Å². The first-order valence-corrected chi connectivity index (χ1v) is 9.15. The van der Waals surface area contributed by atoms with E-state index in [2.05, 4.69) is 29.9 Å². The quantitative estimate of drug-likeness (QED) is 0.346. The molecule has 0 aliphatic heterocycles. The Morgan fingerprint density at radius 1 is 0.857 bits per heavy atom. The zero-order valence-corrected chi connectivity index (χ0v) is 15.2. The Labute approximate surface area is 160 Å². The van der Waals surface area contributed by atoms with Gasteiger partial charge in [-0.1, -0.05) is 55.8 Å². The number of hydrogen-bond acceptors (Lipinski definition) is 1. The molecule has 4 rings (SSSR count). The molecule has 0 spiro atoms. The molecule has 3 aromatic carbocycles. The van der Waals surface area contributed by atoms with E-state index in [4.69, 9.17) is 0 Å². The first-order chi connectivity index (χ1) is 13.3. The normalized spacial score (nSPS) is 12.6. The maximum atomic E-state index is 14.0. The number of alkyl halides is 3. The molecule has 1 aliphatic rings. The Morgan fingerprint density at radius 3 is 2.18 bits per heavy atom.